The number of hydrogen-bond acceptors (Lipinski definition) is 8. The Bertz CT molecular complexity index is 3400. The van der Waals surface area contributed by atoms with Crippen LogP contribution in [0.3, 0.4) is 0 Å². The molecule has 0 saturated carbocycles. The van der Waals surface area contributed by atoms with E-state index < -0.39 is 27.9 Å². The predicted octanol–water partition coefficient (Wildman–Crippen LogP) is 9.01. The van der Waals surface area contributed by atoms with E-state index in [1.54, 1.807) is 77.4 Å². The summed E-state index contributed by atoms with van der Waals surface area (Å²) in [6.45, 7) is 3.35. The summed E-state index contributed by atoms with van der Waals surface area (Å²) in [5, 5.41) is 19.2. The van der Waals surface area contributed by atoms with E-state index in [1.807, 2.05) is 36.4 Å². The molecule has 2 fully saturated rings. The molecule has 6 aromatic carbocycles. The first-order chi connectivity index (χ1) is 35.4. The minimum Gasteiger partial charge on any atom is -0.465 e. The first kappa shape index (κ1) is 49.9. The van der Waals surface area contributed by atoms with Crippen molar-refractivity contribution in [2.75, 3.05) is 26.2 Å². The van der Waals surface area contributed by atoms with Gasteiger partial charge in [0.25, 0.3) is 15.9 Å². The lowest BCUT2D eigenvalue weighted by atomic mass is 9.93. The highest BCUT2D eigenvalue weighted by atomic mass is 32.2. The number of piperidine rings is 2. The maximum Gasteiger partial charge on any atom is 0.407 e. The third kappa shape index (κ3) is 10.8. The van der Waals surface area contributed by atoms with Gasteiger partial charge in [0.05, 0.1) is 27.0 Å². The first-order valence-corrected chi connectivity index (χ1v) is 26.0. The Morgan fingerprint density at radius 2 is 1.03 bits per heavy atom. The molecular weight excluding hydrogens is 947 g/mol. The number of aromatic nitrogens is 4. The van der Waals surface area contributed by atoms with Crippen molar-refractivity contribution in [3.63, 3.8) is 0 Å². The number of para-hydroxylation sites is 4. The number of carboxylic acid groups (broad SMARTS) is 2. The molecule has 0 aliphatic carbocycles. The second-order valence-electron chi connectivity index (χ2n) is 18.5. The van der Waals surface area contributed by atoms with Crippen LogP contribution in [-0.2, 0) is 23.1 Å². The molecule has 2 aliphatic heterocycles. The van der Waals surface area contributed by atoms with Crippen LogP contribution in [0, 0.1) is 0 Å². The molecule has 0 radical (unpaired) electrons. The van der Waals surface area contributed by atoms with E-state index in [2.05, 4.69) is 53.4 Å². The Kier molecular flexibility index (Phi) is 15.2. The van der Waals surface area contributed by atoms with Crippen LogP contribution in [0.25, 0.3) is 22.1 Å². The summed E-state index contributed by atoms with van der Waals surface area (Å²) in [5.74, 6) is -0.369. The molecule has 2 N–H and O–H groups in total. The lowest BCUT2D eigenvalue weighted by Crippen LogP contribution is -2.47. The van der Waals surface area contributed by atoms with E-state index in [0.717, 1.165) is 30.0 Å². The summed E-state index contributed by atoms with van der Waals surface area (Å²) in [5.41, 5.74) is 4.00. The minimum absolute atomic E-state index is 0.0423. The lowest BCUT2D eigenvalue weighted by Gasteiger charge is -2.38. The number of carbonyl (C=O) groups is 3. The molecule has 2 aromatic heterocycles. The number of likely N-dealkylation sites (tertiary alicyclic amines) is 2. The molecule has 0 bridgehead atoms. The monoisotopic (exact) mass is 1000 g/mol. The van der Waals surface area contributed by atoms with Crippen LogP contribution >= 0.6 is 0 Å². The average molecular weight is 1000 g/mol. The maximum absolute atomic E-state index is 13.9. The molecule has 73 heavy (non-hydrogen) atoms. The zero-order valence-electron chi connectivity index (χ0n) is 40.2. The van der Waals surface area contributed by atoms with Crippen LogP contribution in [0.4, 0.5) is 9.59 Å². The zero-order chi connectivity index (χ0) is 51.1. The molecule has 2 amide bonds. The summed E-state index contributed by atoms with van der Waals surface area (Å²) >= 11 is 0. The highest BCUT2D eigenvalue weighted by molar-refractivity contribution is 7.90. The van der Waals surface area contributed by atoms with E-state index in [4.69, 9.17) is 5.11 Å². The van der Waals surface area contributed by atoms with Gasteiger partial charge in [-0.25, -0.2) is 32.2 Å². The Balaban J connectivity index is 0.000000200. The van der Waals surface area contributed by atoms with Gasteiger partial charge in [0.2, 0.25) is 0 Å². The maximum atomic E-state index is 13.9. The van der Waals surface area contributed by atoms with Gasteiger partial charge in [0.1, 0.15) is 0 Å². The van der Waals surface area contributed by atoms with E-state index in [-0.39, 0.29) is 34.6 Å². The van der Waals surface area contributed by atoms with Crippen molar-refractivity contribution in [3.05, 3.63) is 208 Å². The van der Waals surface area contributed by atoms with Crippen molar-refractivity contribution in [3.8, 4) is 0 Å². The van der Waals surface area contributed by atoms with Crippen molar-refractivity contribution in [2.45, 2.75) is 74.6 Å². The van der Waals surface area contributed by atoms with Gasteiger partial charge in [-0.1, -0.05) is 121 Å². The Labute approximate surface area is 422 Å². The van der Waals surface area contributed by atoms with Gasteiger partial charge >= 0.3 is 23.6 Å². The minimum atomic E-state index is -4.06. The summed E-state index contributed by atoms with van der Waals surface area (Å²) in [7, 11) is -4.06. The van der Waals surface area contributed by atoms with Gasteiger partial charge in [-0.2, -0.15) is 3.97 Å². The number of rotatable bonds is 13. The Morgan fingerprint density at radius 1 is 0.548 bits per heavy atom. The number of fused-ring (bicyclic) bond motifs is 2. The Hall–Kier alpha value is -8.02. The molecule has 376 valence electrons. The van der Waals surface area contributed by atoms with E-state index >= 15 is 0 Å². The van der Waals surface area contributed by atoms with Gasteiger partial charge in [-0.3, -0.25) is 18.8 Å². The zero-order valence-corrected chi connectivity index (χ0v) is 41.0. The largest absolute Gasteiger partial charge is 0.465 e. The van der Waals surface area contributed by atoms with Crippen LogP contribution < -0.4 is 11.4 Å². The van der Waals surface area contributed by atoms with Gasteiger partial charge in [-0.15, -0.1) is 0 Å². The van der Waals surface area contributed by atoms with Crippen LogP contribution in [0.1, 0.15) is 72.1 Å². The van der Waals surface area contributed by atoms with Crippen LogP contribution in [-0.4, -0.2) is 101 Å². The highest BCUT2D eigenvalue weighted by Crippen LogP contribution is 2.32. The molecule has 4 heterocycles. The molecule has 0 spiro atoms. The second-order valence-corrected chi connectivity index (χ2v) is 20.3. The molecule has 10 rings (SSSR count). The number of benzene rings is 6. The van der Waals surface area contributed by atoms with Crippen molar-refractivity contribution < 1.29 is 33.0 Å². The number of amides is 2. The number of imidazole rings is 2. The third-order valence-corrected chi connectivity index (χ3v) is 15.6. The second kappa shape index (κ2) is 22.2. The summed E-state index contributed by atoms with van der Waals surface area (Å²) in [6, 6.07) is 50.8. The van der Waals surface area contributed by atoms with E-state index in [0.29, 0.717) is 79.4 Å². The fraction of sp³-hybridized carbons (Fsp3) is 0.268. The average Bonchev–Trinajstić information content (AvgIpc) is 3.89. The number of hydrogen-bond donors (Lipinski definition) is 2. The molecule has 2 atom stereocenters. The fourth-order valence-electron chi connectivity index (χ4n) is 10.4. The van der Waals surface area contributed by atoms with Crippen molar-refractivity contribution in [1.82, 2.24) is 32.4 Å². The first-order valence-electron chi connectivity index (χ1n) is 24.5. The third-order valence-electron chi connectivity index (χ3n) is 13.9. The van der Waals surface area contributed by atoms with Gasteiger partial charge in [0, 0.05) is 56.4 Å². The molecule has 2 aliphatic rings. The summed E-state index contributed by atoms with van der Waals surface area (Å²) in [4.78, 5) is 69.4. The summed E-state index contributed by atoms with van der Waals surface area (Å²) in [6.07, 6.45) is 1.49. The molecule has 17 heteroatoms. The number of nitrogens with zero attached hydrogens (tertiary/aromatic N) is 7. The summed E-state index contributed by atoms with van der Waals surface area (Å²) < 4.78 is 31.7. The quantitative estimate of drug-likeness (QED) is 0.113. The molecule has 1 unspecified atom stereocenters. The van der Waals surface area contributed by atoms with Crippen LogP contribution in [0.5, 0.6) is 0 Å². The van der Waals surface area contributed by atoms with Crippen molar-refractivity contribution in [2.24, 2.45) is 0 Å². The molecule has 16 nitrogen and oxygen atoms in total. The van der Waals surface area contributed by atoms with Crippen LogP contribution in [0.2, 0.25) is 0 Å². The van der Waals surface area contributed by atoms with Crippen molar-refractivity contribution >= 4 is 50.2 Å². The van der Waals surface area contributed by atoms with Crippen molar-refractivity contribution in [1.29, 1.82) is 0 Å². The molecular formula is C56H57N7O9S. The van der Waals surface area contributed by atoms with Gasteiger partial charge < -0.3 is 20.0 Å². The predicted molar refractivity (Wildman–Crippen MR) is 278 cm³/mol. The molecule has 2 saturated heterocycles. The SMILES string of the molecule is O=C(O)N1CCC(n2c(=O)n(C(=O)c3ccccc3)c3ccccc32)C[C@@H]1CCCN(Cc1ccccc1)Cc1ccccc1.O=C(O)N1CCC(n2c(=O)n(S(=O)(=O)c3ccccc3)c3ccccc32)CC1. The van der Waals surface area contributed by atoms with Gasteiger partial charge in [0.15, 0.2) is 0 Å². The highest BCUT2D eigenvalue weighted by Gasteiger charge is 2.35. The standard InChI is InChI=1S/C37H38N4O4.C19H19N3O5S/c42-35(30-17-8-3-9-18-30)41-34-21-11-10-20-33(34)40(36(41)43)32-22-24-39(37(44)45)31(25-32)19-12-23-38(26-28-13-4-1-5-14-28)27-29-15-6-2-7-16-29;23-18-21(14-10-12-20(13-11-14)19(24)25)16-8-4-5-9-17(16)22(18)28(26,27)15-6-2-1-3-7-15/h1-11,13-18,20-21,31-32H,12,19,22-27H2,(H,44,45);1-9,14H,10-13H2,(H,24,25)/t31-,32?;/m0./s1. The number of carbonyl (C=O) groups excluding carboxylic acids is 1. The van der Waals surface area contributed by atoms with Gasteiger partial charge in [-0.05, 0) is 105 Å². The smallest absolute Gasteiger partial charge is 0.407 e. The topological polar surface area (TPSA) is 189 Å². The lowest BCUT2D eigenvalue weighted by molar-refractivity contribution is 0.0850. The molecule has 8 aromatic rings. The van der Waals surface area contributed by atoms with E-state index in [9.17, 15) is 37.5 Å². The fourth-order valence-corrected chi connectivity index (χ4v) is 11.8. The van der Waals surface area contributed by atoms with Crippen LogP contribution in [0.15, 0.2) is 184 Å². The van der Waals surface area contributed by atoms with E-state index in [1.165, 1.54) is 42.2 Å². The Morgan fingerprint density at radius 3 is 1.59 bits per heavy atom. The normalized spacial score (nSPS) is 16.3.